The number of hydrogen-bond acceptors (Lipinski definition) is 5. The molecule has 0 bridgehead atoms. The molecule has 5 nitrogen and oxygen atoms in total. The van der Waals surface area contributed by atoms with Crippen LogP contribution in [0.2, 0.25) is 0 Å². The van der Waals surface area contributed by atoms with Gasteiger partial charge in [0.15, 0.2) is 5.82 Å². The summed E-state index contributed by atoms with van der Waals surface area (Å²) in [7, 11) is 0. The molecule has 0 aliphatic heterocycles. The third-order valence-corrected chi connectivity index (χ3v) is 2.30. The minimum absolute atomic E-state index is 0.00132. The quantitative estimate of drug-likeness (QED) is 0.821. The first-order valence-corrected chi connectivity index (χ1v) is 5.14. The van der Waals surface area contributed by atoms with Crippen LogP contribution in [0.1, 0.15) is 23.4 Å². The van der Waals surface area contributed by atoms with Crippen LogP contribution in [0.3, 0.4) is 0 Å². The van der Waals surface area contributed by atoms with Gasteiger partial charge in [-0.05, 0) is 11.6 Å². The monoisotopic (exact) mass is 237 g/mol. The second-order valence-electron chi connectivity index (χ2n) is 3.57. The molecule has 2 aromatic rings. The Morgan fingerprint density at radius 1 is 1.41 bits per heavy atom. The van der Waals surface area contributed by atoms with E-state index in [2.05, 4.69) is 10.1 Å². The summed E-state index contributed by atoms with van der Waals surface area (Å²) < 4.78 is 18.2. The van der Waals surface area contributed by atoms with Crippen molar-refractivity contribution >= 4 is 0 Å². The van der Waals surface area contributed by atoms with Gasteiger partial charge >= 0.3 is 0 Å². The molecule has 0 aliphatic rings. The van der Waals surface area contributed by atoms with Crippen LogP contribution in [-0.4, -0.2) is 21.8 Å². The Kier molecular flexibility index (Phi) is 3.46. The zero-order valence-corrected chi connectivity index (χ0v) is 9.01. The van der Waals surface area contributed by atoms with Gasteiger partial charge in [0.05, 0.1) is 0 Å². The van der Waals surface area contributed by atoms with E-state index in [0.717, 1.165) is 0 Å². The molecule has 0 spiro atoms. The molecule has 0 unspecified atom stereocenters. The maximum atomic E-state index is 13.4. The third kappa shape index (κ3) is 2.66. The summed E-state index contributed by atoms with van der Waals surface area (Å²) >= 11 is 0. The van der Waals surface area contributed by atoms with Crippen molar-refractivity contribution in [3.63, 3.8) is 0 Å². The molecule has 0 amide bonds. The summed E-state index contributed by atoms with van der Waals surface area (Å²) in [5.41, 5.74) is 5.73. The molecule has 0 radical (unpaired) electrons. The zero-order valence-electron chi connectivity index (χ0n) is 9.01. The van der Waals surface area contributed by atoms with Crippen LogP contribution >= 0.6 is 0 Å². The van der Waals surface area contributed by atoms with Crippen LogP contribution in [0.5, 0.6) is 0 Å². The van der Waals surface area contributed by atoms with Gasteiger partial charge in [-0.25, -0.2) is 4.39 Å². The summed E-state index contributed by atoms with van der Waals surface area (Å²) in [6.07, 6.45) is -0.759. The largest absolute Gasteiger partial charge is 0.382 e. The Morgan fingerprint density at radius 2 is 2.18 bits per heavy atom. The van der Waals surface area contributed by atoms with Crippen molar-refractivity contribution in [2.24, 2.45) is 5.73 Å². The molecule has 0 fully saturated rings. The number of hydrogen-bond donors (Lipinski definition) is 2. The van der Waals surface area contributed by atoms with Crippen molar-refractivity contribution in [3.8, 4) is 0 Å². The minimum Gasteiger partial charge on any atom is -0.382 e. The molecule has 1 heterocycles. The molecule has 90 valence electrons. The molecule has 0 saturated carbocycles. The van der Waals surface area contributed by atoms with Crippen LogP contribution in [-0.2, 0) is 6.42 Å². The molecule has 2 rings (SSSR count). The molecule has 1 aromatic carbocycles. The van der Waals surface area contributed by atoms with E-state index < -0.39 is 6.10 Å². The van der Waals surface area contributed by atoms with E-state index in [9.17, 15) is 9.50 Å². The molecular weight excluding hydrogens is 225 g/mol. The van der Waals surface area contributed by atoms with Gasteiger partial charge in [-0.3, -0.25) is 0 Å². The Morgan fingerprint density at radius 3 is 2.88 bits per heavy atom. The maximum Gasteiger partial charge on any atom is 0.256 e. The molecule has 0 aliphatic carbocycles. The zero-order chi connectivity index (χ0) is 12.3. The van der Waals surface area contributed by atoms with E-state index in [0.29, 0.717) is 11.4 Å². The first-order valence-electron chi connectivity index (χ1n) is 5.14. The summed E-state index contributed by atoms with van der Waals surface area (Å²) in [5.74, 6) is 0.0506. The van der Waals surface area contributed by atoms with Crippen molar-refractivity contribution in [1.82, 2.24) is 10.1 Å². The number of nitrogens with zero attached hydrogens (tertiary/aromatic N) is 2. The van der Waals surface area contributed by atoms with Crippen LogP contribution < -0.4 is 5.73 Å². The number of aliphatic hydroxyl groups excluding tert-OH is 1. The fraction of sp³-hybridized carbons (Fsp3) is 0.273. The topological polar surface area (TPSA) is 85.2 Å². The van der Waals surface area contributed by atoms with Crippen molar-refractivity contribution in [2.75, 3.05) is 6.54 Å². The van der Waals surface area contributed by atoms with Gasteiger partial charge in [0.2, 0.25) is 0 Å². The standard InChI is InChI=1S/C11H12FN3O2/c12-8-4-2-1-3-7(8)5-10-14-11(17-15-10)9(16)6-13/h1-4,9,16H,5-6,13H2/t9-/m0/s1. The van der Waals surface area contributed by atoms with E-state index in [1.807, 2.05) is 0 Å². The lowest BCUT2D eigenvalue weighted by atomic mass is 10.1. The maximum absolute atomic E-state index is 13.4. The third-order valence-electron chi connectivity index (χ3n) is 2.30. The molecular formula is C11H12FN3O2. The average molecular weight is 237 g/mol. The molecule has 1 aromatic heterocycles. The smallest absolute Gasteiger partial charge is 0.256 e. The fourth-order valence-electron chi connectivity index (χ4n) is 1.39. The van der Waals surface area contributed by atoms with Crippen molar-refractivity contribution < 1.29 is 14.0 Å². The Hall–Kier alpha value is -1.79. The molecule has 0 saturated heterocycles. The fourth-order valence-corrected chi connectivity index (χ4v) is 1.39. The summed E-state index contributed by atoms with van der Waals surface area (Å²) in [5, 5.41) is 13.0. The number of nitrogens with two attached hydrogens (primary N) is 1. The predicted octanol–water partition coefficient (Wildman–Crippen LogP) is 0.792. The predicted molar refractivity (Wildman–Crippen MR) is 57.5 cm³/mol. The number of benzene rings is 1. The van der Waals surface area contributed by atoms with Gasteiger partial charge in [-0.2, -0.15) is 4.98 Å². The van der Waals surface area contributed by atoms with E-state index in [-0.39, 0.29) is 24.7 Å². The lowest BCUT2D eigenvalue weighted by Crippen LogP contribution is -2.11. The van der Waals surface area contributed by atoms with Crippen molar-refractivity contribution in [2.45, 2.75) is 12.5 Å². The van der Waals surface area contributed by atoms with Crippen LogP contribution in [0.15, 0.2) is 28.8 Å². The highest BCUT2D eigenvalue weighted by atomic mass is 19.1. The summed E-state index contributed by atoms with van der Waals surface area (Å²) in [6, 6.07) is 6.35. The van der Waals surface area contributed by atoms with Crippen LogP contribution in [0.4, 0.5) is 4.39 Å². The van der Waals surface area contributed by atoms with Crippen molar-refractivity contribution in [1.29, 1.82) is 0 Å². The van der Waals surface area contributed by atoms with Gasteiger partial charge in [-0.1, -0.05) is 23.4 Å². The molecule has 6 heteroatoms. The molecule has 17 heavy (non-hydrogen) atoms. The Balaban J connectivity index is 2.14. The van der Waals surface area contributed by atoms with E-state index >= 15 is 0 Å². The van der Waals surface area contributed by atoms with Crippen LogP contribution in [0, 0.1) is 5.82 Å². The van der Waals surface area contributed by atoms with Gasteiger partial charge in [0, 0.05) is 13.0 Å². The summed E-state index contributed by atoms with van der Waals surface area (Å²) in [6.45, 7) is 0.00132. The normalized spacial score (nSPS) is 12.6. The summed E-state index contributed by atoms with van der Waals surface area (Å²) in [4.78, 5) is 3.94. The lowest BCUT2D eigenvalue weighted by molar-refractivity contribution is 0.141. The second kappa shape index (κ2) is 5.03. The van der Waals surface area contributed by atoms with E-state index in [4.69, 9.17) is 10.3 Å². The Labute approximate surface area is 97.1 Å². The highest BCUT2D eigenvalue weighted by molar-refractivity contribution is 5.20. The second-order valence-corrected chi connectivity index (χ2v) is 3.57. The van der Waals surface area contributed by atoms with Gasteiger partial charge in [0.25, 0.3) is 5.89 Å². The number of rotatable bonds is 4. The van der Waals surface area contributed by atoms with Crippen LogP contribution in [0.25, 0.3) is 0 Å². The average Bonchev–Trinajstić information content (AvgIpc) is 2.80. The first kappa shape index (κ1) is 11.7. The SMILES string of the molecule is NC[C@H](O)c1nc(Cc2ccccc2F)no1. The number of halogens is 1. The lowest BCUT2D eigenvalue weighted by Gasteiger charge is -1.99. The van der Waals surface area contributed by atoms with E-state index in [1.54, 1.807) is 18.2 Å². The number of aliphatic hydroxyl groups is 1. The van der Waals surface area contributed by atoms with Gasteiger partial charge in [-0.15, -0.1) is 0 Å². The first-order chi connectivity index (χ1) is 8.20. The molecule has 1 atom stereocenters. The minimum atomic E-state index is -0.975. The highest BCUT2D eigenvalue weighted by Gasteiger charge is 2.15. The van der Waals surface area contributed by atoms with Gasteiger partial charge in [0.1, 0.15) is 11.9 Å². The number of aromatic nitrogens is 2. The van der Waals surface area contributed by atoms with Gasteiger partial charge < -0.3 is 15.4 Å². The van der Waals surface area contributed by atoms with Crippen molar-refractivity contribution in [3.05, 3.63) is 47.4 Å². The molecule has 3 N–H and O–H groups in total. The highest BCUT2D eigenvalue weighted by Crippen LogP contribution is 2.13. The Bertz CT molecular complexity index is 501. The van der Waals surface area contributed by atoms with E-state index in [1.165, 1.54) is 6.07 Å².